The molecule has 3 aromatic rings. The number of carboxylic acids is 1. The van der Waals surface area contributed by atoms with Gasteiger partial charge >= 0.3 is 12.1 Å². The van der Waals surface area contributed by atoms with Crippen LogP contribution in [0.2, 0.25) is 0 Å². The SMILES string of the molecule is Cc1ccc(CNC(=O)C(CCC(=O)O)NC(=O)OCC2c3ccccc3-c3ccccc32)cc1. The Bertz CT molecular complexity index is 1180. The highest BCUT2D eigenvalue weighted by Gasteiger charge is 2.30. The van der Waals surface area contributed by atoms with Crippen LogP contribution in [0.25, 0.3) is 11.1 Å². The largest absolute Gasteiger partial charge is 0.481 e. The summed E-state index contributed by atoms with van der Waals surface area (Å²) in [6.07, 6.45) is -1.06. The van der Waals surface area contributed by atoms with Crippen LogP contribution in [0.4, 0.5) is 4.79 Å². The smallest absolute Gasteiger partial charge is 0.407 e. The van der Waals surface area contributed by atoms with Gasteiger partial charge in [0.05, 0.1) is 0 Å². The summed E-state index contributed by atoms with van der Waals surface area (Å²) in [6, 6.07) is 22.7. The molecule has 2 amide bonds. The normalized spacial score (nSPS) is 12.8. The Morgan fingerprint density at radius 2 is 1.51 bits per heavy atom. The minimum atomic E-state index is -1.05. The van der Waals surface area contributed by atoms with Crippen molar-refractivity contribution in [3.8, 4) is 11.1 Å². The molecule has 3 N–H and O–H groups in total. The zero-order valence-electron chi connectivity index (χ0n) is 19.5. The van der Waals surface area contributed by atoms with Gasteiger partial charge in [0.15, 0.2) is 0 Å². The molecule has 35 heavy (non-hydrogen) atoms. The van der Waals surface area contributed by atoms with Crippen molar-refractivity contribution in [3.63, 3.8) is 0 Å². The number of aliphatic carboxylic acids is 1. The topological polar surface area (TPSA) is 105 Å². The van der Waals surface area contributed by atoms with Gasteiger partial charge in [0.25, 0.3) is 0 Å². The van der Waals surface area contributed by atoms with Crippen LogP contribution in [-0.2, 0) is 20.9 Å². The molecule has 1 unspecified atom stereocenters. The van der Waals surface area contributed by atoms with E-state index >= 15 is 0 Å². The molecule has 0 saturated carbocycles. The number of carbonyl (C=O) groups is 3. The second kappa shape index (κ2) is 10.9. The van der Waals surface area contributed by atoms with Crippen molar-refractivity contribution in [2.24, 2.45) is 0 Å². The highest BCUT2D eigenvalue weighted by Crippen LogP contribution is 2.44. The average molecular weight is 473 g/mol. The number of rotatable bonds is 9. The van der Waals surface area contributed by atoms with Crippen molar-refractivity contribution in [2.45, 2.75) is 38.3 Å². The Kier molecular flexibility index (Phi) is 7.45. The minimum absolute atomic E-state index is 0.0424. The number of fused-ring (bicyclic) bond motifs is 3. The van der Waals surface area contributed by atoms with Crippen molar-refractivity contribution < 1.29 is 24.2 Å². The Hall–Kier alpha value is -4.13. The van der Waals surface area contributed by atoms with E-state index in [9.17, 15) is 14.4 Å². The number of carbonyl (C=O) groups excluding carboxylic acids is 2. The lowest BCUT2D eigenvalue weighted by Gasteiger charge is -2.19. The van der Waals surface area contributed by atoms with Gasteiger partial charge in [-0.1, -0.05) is 78.4 Å². The first-order valence-electron chi connectivity index (χ1n) is 11.6. The molecule has 7 nitrogen and oxygen atoms in total. The van der Waals surface area contributed by atoms with Crippen molar-refractivity contribution in [1.29, 1.82) is 0 Å². The fourth-order valence-corrected chi connectivity index (χ4v) is 4.34. The molecule has 0 aliphatic heterocycles. The fourth-order valence-electron chi connectivity index (χ4n) is 4.34. The summed E-state index contributed by atoms with van der Waals surface area (Å²) >= 11 is 0. The molecule has 0 bridgehead atoms. The molecule has 4 rings (SSSR count). The van der Waals surface area contributed by atoms with Crippen molar-refractivity contribution in [1.82, 2.24) is 10.6 Å². The summed E-state index contributed by atoms with van der Waals surface area (Å²) in [4.78, 5) is 36.5. The van der Waals surface area contributed by atoms with E-state index in [1.807, 2.05) is 67.6 Å². The Labute approximate surface area is 204 Å². The van der Waals surface area contributed by atoms with Crippen LogP contribution < -0.4 is 10.6 Å². The maximum absolute atomic E-state index is 12.7. The van der Waals surface area contributed by atoms with E-state index in [2.05, 4.69) is 22.8 Å². The van der Waals surface area contributed by atoms with Crippen molar-refractivity contribution in [3.05, 3.63) is 95.1 Å². The zero-order valence-corrected chi connectivity index (χ0v) is 19.5. The number of amides is 2. The number of ether oxygens (including phenoxy) is 1. The summed E-state index contributed by atoms with van der Waals surface area (Å²) < 4.78 is 5.53. The van der Waals surface area contributed by atoms with Gasteiger partial charge in [0.2, 0.25) is 5.91 Å². The standard InChI is InChI=1S/C28H28N2O5/c1-18-10-12-19(13-11-18)16-29-27(33)25(14-15-26(31)32)30-28(34)35-17-24-22-8-4-2-6-20(22)21-7-3-5-9-23(21)24/h2-13,24-25H,14-17H2,1H3,(H,29,33)(H,30,34)(H,31,32). The highest BCUT2D eigenvalue weighted by molar-refractivity contribution is 5.86. The molecule has 0 heterocycles. The van der Waals surface area contributed by atoms with Crippen LogP contribution >= 0.6 is 0 Å². The van der Waals surface area contributed by atoms with Crippen molar-refractivity contribution in [2.75, 3.05) is 6.61 Å². The summed E-state index contributed by atoms with van der Waals surface area (Å²) in [6.45, 7) is 2.36. The molecule has 180 valence electrons. The fraction of sp³-hybridized carbons (Fsp3) is 0.250. The monoisotopic (exact) mass is 472 g/mol. The molecule has 3 aromatic carbocycles. The molecule has 0 saturated heterocycles. The number of hydrogen-bond donors (Lipinski definition) is 3. The predicted molar refractivity (Wildman–Crippen MR) is 132 cm³/mol. The van der Waals surface area contributed by atoms with E-state index in [1.165, 1.54) is 0 Å². The molecule has 0 fully saturated rings. The third kappa shape index (κ3) is 5.87. The third-order valence-electron chi connectivity index (χ3n) is 6.19. The van der Waals surface area contributed by atoms with Gasteiger partial charge < -0.3 is 20.5 Å². The second-order valence-electron chi connectivity index (χ2n) is 8.66. The van der Waals surface area contributed by atoms with E-state index in [4.69, 9.17) is 9.84 Å². The number of benzene rings is 3. The molecule has 0 aromatic heterocycles. The van der Waals surface area contributed by atoms with E-state index in [-0.39, 0.29) is 31.9 Å². The van der Waals surface area contributed by atoms with Gasteiger partial charge in [0.1, 0.15) is 12.6 Å². The van der Waals surface area contributed by atoms with Crippen LogP contribution in [0.5, 0.6) is 0 Å². The van der Waals surface area contributed by atoms with Crippen LogP contribution in [0.15, 0.2) is 72.8 Å². The quantitative estimate of drug-likeness (QED) is 0.429. The van der Waals surface area contributed by atoms with Crippen LogP contribution in [0.1, 0.15) is 41.0 Å². The highest BCUT2D eigenvalue weighted by atomic mass is 16.5. The van der Waals surface area contributed by atoms with Crippen molar-refractivity contribution >= 4 is 18.0 Å². The molecule has 0 spiro atoms. The first-order chi connectivity index (χ1) is 16.9. The van der Waals surface area contributed by atoms with E-state index in [1.54, 1.807) is 0 Å². The number of hydrogen-bond acceptors (Lipinski definition) is 4. The Morgan fingerprint density at radius 1 is 0.914 bits per heavy atom. The van der Waals surface area contributed by atoms with Gasteiger partial charge in [-0.2, -0.15) is 0 Å². The molecule has 0 radical (unpaired) electrons. The first kappa shape index (κ1) is 24.0. The zero-order chi connectivity index (χ0) is 24.8. The molecule has 7 heteroatoms. The maximum atomic E-state index is 12.7. The van der Waals surface area contributed by atoms with Crippen LogP contribution in [0, 0.1) is 6.92 Å². The number of carboxylic acid groups (broad SMARTS) is 1. The lowest BCUT2D eigenvalue weighted by Crippen LogP contribution is -2.47. The molecule has 1 aliphatic carbocycles. The first-order valence-corrected chi connectivity index (χ1v) is 11.6. The summed E-state index contributed by atoms with van der Waals surface area (Å²) in [7, 11) is 0. The van der Waals surface area contributed by atoms with E-state index < -0.39 is 24.0 Å². The number of alkyl carbamates (subject to hydrolysis) is 1. The molecule has 1 atom stereocenters. The summed E-state index contributed by atoms with van der Waals surface area (Å²) in [5.41, 5.74) is 6.41. The summed E-state index contributed by atoms with van der Waals surface area (Å²) in [5, 5.41) is 14.4. The van der Waals surface area contributed by atoms with Crippen LogP contribution in [-0.4, -0.2) is 35.7 Å². The van der Waals surface area contributed by atoms with E-state index in [0.717, 1.165) is 33.4 Å². The minimum Gasteiger partial charge on any atom is -0.481 e. The predicted octanol–water partition coefficient (Wildman–Crippen LogP) is 4.38. The van der Waals surface area contributed by atoms with Crippen LogP contribution in [0.3, 0.4) is 0 Å². The maximum Gasteiger partial charge on any atom is 0.407 e. The van der Waals surface area contributed by atoms with Gasteiger partial charge in [-0.05, 0) is 41.2 Å². The third-order valence-corrected chi connectivity index (χ3v) is 6.19. The number of aryl methyl sites for hydroxylation is 1. The number of nitrogens with one attached hydrogen (secondary N) is 2. The van der Waals surface area contributed by atoms with E-state index in [0.29, 0.717) is 0 Å². The molecule has 1 aliphatic rings. The Morgan fingerprint density at radius 3 is 2.11 bits per heavy atom. The molecular weight excluding hydrogens is 444 g/mol. The van der Waals surface area contributed by atoms with Gasteiger partial charge in [0, 0.05) is 18.9 Å². The Balaban J connectivity index is 1.38. The lowest BCUT2D eigenvalue weighted by molar-refractivity contribution is -0.137. The summed E-state index contributed by atoms with van der Waals surface area (Å²) in [5.74, 6) is -1.61. The second-order valence-corrected chi connectivity index (χ2v) is 8.66. The van der Waals surface area contributed by atoms with Gasteiger partial charge in [-0.25, -0.2) is 4.79 Å². The average Bonchev–Trinajstić information content (AvgIpc) is 3.18. The molecular formula is C28H28N2O5. The van der Waals surface area contributed by atoms with Gasteiger partial charge in [-0.15, -0.1) is 0 Å². The van der Waals surface area contributed by atoms with Gasteiger partial charge in [-0.3, -0.25) is 9.59 Å². The lowest BCUT2D eigenvalue weighted by atomic mass is 9.98.